The third-order valence-corrected chi connectivity index (χ3v) is 7.57. The fourth-order valence-corrected chi connectivity index (χ4v) is 5.25. The number of hydrogen-bond donors (Lipinski definition) is 2. The minimum Gasteiger partial charge on any atom is -0.392 e. The Morgan fingerprint density at radius 1 is 0.895 bits per heavy atom. The van der Waals surface area contributed by atoms with Crippen molar-refractivity contribution >= 4 is 17.7 Å². The van der Waals surface area contributed by atoms with Crippen LogP contribution in [0.25, 0.3) is 0 Å². The number of thioether (sulfide) groups is 1. The van der Waals surface area contributed by atoms with Gasteiger partial charge in [0.15, 0.2) is 6.29 Å². The van der Waals surface area contributed by atoms with E-state index < -0.39 is 6.29 Å². The number of benzene rings is 3. The van der Waals surface area contributed by atoms with E-state index in [0.717, 1.165) is 34.4 Å². The van der Waals surface area contributed by atoms with Crippen LogP contribution in [-0.2, 0) is 22.6 Å². The van der Waals surface area contributed by atoms with Crippen molar-refractivity contribution in [3.8, 4) is 0 Å². The first-order chi connectivity index (χ1) is 18.7. The number of carbonyl (C=O) groups excluding carboxylic acids is 1. The number of nitrogens with zero attached hydrogens (tertiary/aromatic N) is 1. The molecule has 1 amide bonds. The van der Waals surface area contributed by atoms with Gasteiger partial charge in [0.1, 0.15) is 0 Å². The molecular weight excluding hydrogens is 496 g/mol. The summed E-state index contributed by atoms with van der Waals surface area (Å²) in [6, 6.07) is 29.7. The number of ether oxygens (including phenoxy) is 2. The maximum atomic E-state index is 12.3. The lowest BCUT2D eigenvalue weighted by Gasteiger charge is -2.36. The van der Waals surface area contributed by atoms with Crippen molar-refractivity contribution in [3.05, 3.63) is 131 Å². The number of amides is 1. The van der Waals surface area contributed by atoms with Crippen molar-refractivity contribution in [2.45, 2.75) is 43.0 Å². The second-order valence-corrected chi connectivity index (χ2v) is 10.2. The van der Waals surface area contributed by atoms with Crippen LogP contribution in [0.2, 0.25) is 0 Å². The van der Waals surface area contributed by atoms with E-state index >= 15 is 0 Å². The number of nitrogens with one attached hydrogen (secondary N) is 1. The standard InChI is InChI=1S/C31H30N2O4S/c34-20-23-10-12-24(13-11-23)29-17-27(21-38-28-6-2-1-3-7-28)36-31(37-29)25-14-8-22(9-15-25)18-33-30(35)26-5-4-16-32-19-26/h1-16,19,27,29,31,34H,17-18,20-21H2,(H,33,35)/t27-,29+,31+/m0/s1. The van der Waals surface area contributed by atoms with Crippen LogP contribution in [0, 0.1) is 0 Å². The molecule has 0 unspecified atom stereocenters. The molecule has 0 aliphatic carbocycles. The van der Waals surface area contributed by atoms with Crippen LogP contribution < -0.4 is 5.32 Å². The number of aromatic nitrogens is 1. The third kappa shape index (κ3) is 6.88. The first-order valence-corrected chi connectivity index (χ1v) is 13.6. The number of pyridine rings is 1. The third-order valence-electron chi connectivity index (χ3n) is 6.42. The fraction of sp³-hybridized carbons (Fsp3) is 0.226. The number of carbonyl (C=O) groups is 1. The zero-order valence-corrected chi connectivity index (χ0v) is 21.7. The molecule has 38 heavy (non-hydrogen) atoms. The Labute approximate surface area is 227 Å². The summed E-state index contributed by atoms with van der Waals surface area (Å²) in [5.74, 6) is 0.656. The smallest absolute Gasteiger partial charge is 0.253 e. The van der Waals surface area contributed by atoms with E-state index in [1.54, 1.807) is 36.3 Å². The lowest BCUT2D eigenvalue weighted by molar-refractivity contribution is -0.245. The number of aliphatic hydroxyl groups is 1. The van der Waals surface area contributed by atoms with E-state index in [2.05, 4.69) is 22.4 Å². The molecule has 1 aromatic heterocycles. The van der Waals surface area contributed by atoms with E-state index in [0.29, 0.717) is 12.1 Å². The van der Waals surface area contributed by atoms with Crippen molar-refractivity contribution in [2.24, 2.45) is 0 Å². The molecule has 2 N–H and O–H groups in total. The Bertz CT molecular complexity index is 1300. The molecular formula is C31H30N2O4S. The molecule has 4 aromatic rings. The SMILES string of the molecule is O=C(NCc1ccc([C@@H]2O[C@H](CSc3ccccc3)C[C@H](c3ccc(CO)cc3)O2)cc1)c1cccnc1. The molecule has 0 saturated carbocycles. The highest BCUT2D eigenvalue weighted by atomic mass is 32.2. The summed E-state index contributed by atoms with van der Waals surface area (Å²) in [5, 5.41) is 12.3. The van der Waals surface area contributed by atoms with Gasteiger partial charge >= 0.3 is 0 Å². The molecule has 6 nitrogen and oxygen atoms in total. The zero-order chi connectivity index (χ0) is 26.2. The summed E-state index contributed by atoms with van der Waals surface area (Å²) < 4.78 is 12.9. The Morgan fingerprint density at radius 3 is 2.34 bits per heavy atom. The van der Waals surface area contributed by atoms with E-state index in [4.69, 9.17) is 9.47 Å². The number of hydrogen-bond acceptors (Lipinski definition) is 6. The summed E-state index contributed by atoms with van der Waals surface area (Å²) in [5.41, 5.74) is 4.39. The summed E-state index contributed by atoms with van der Waals surface area (Å²) in [4.78, 5) is 17.5. The van der Waals surface area contributed by atoms with E-state index in [9.17, 15) is 9.90 Å². The van der Waals surface area contributed by atoms with Gasteiger partial charge in [-0.2, -0.15) is 0 Å². The fourth-order valence-electron chi connectivity index (χ4n) is 4.30. The highest BCUT2D eigenvalue weighted by Gasteiger charge is 2.32. The topological polar surface area (TPSA) is 80.7 Å². The van der Waals surface area contributed by atoms with Crippen LogP contribution in [0.1, 0.15) is 51.4 Å². The molecule has 0 spiro atoms. The summed E-state index contributed by atoms with van der Waals surface area (Å²) >= 11 is 1.78. The highest BCUT2D eigenvalue weighted by Crippen LogP contribution is 2.39. The van der Waals surface area contributed by atoms with Gasteiger partial charge in [0.05, 0.1) is 24.4 Å². The molecule has 3 aromatic carbocycles. The Hall–Kier alpha value is -3.49. The molecule has 1 aliphatic rings. The first kappa shape index (κ1) is 26.1. The minimum atomic E-state index is -0.508. The predicted octanol–water partition coefficient (Wildman–Crippen LogP) is 5.84. The molecule has 1 fully saturated rings. The van der Waals surface area contributed by atoms with Crippen LogP contribution in [0.4, 0.5) is 0 Å². The van der Waals surface area contributed by atoms with Gasteiger partial charge in [0.2, 0.25) is 0 Å². The Morgan fingerprint density at radius 2 is 1.63 bits per heavy atom. The summed E-state index contributed by atoms with van der Waals surface area (Å²) in [7, 11) is 0. The average molecular weight is 527 g/mol. The van der Waals surface area contributed by atoms with Gasteiger partial charge in [-0.25, -0.2) is 0 Å². The molecule has 0 bridgehead atoms. The molecule has 194 valence electrons. The maximum Gasteiger partial charge on any atom is 0.253 e. The van der Waals surface area contributed by atoms with Crippen molar-refractivity contribution in [3.63, 3.8) is 0 Å². The van der Waals surface area contributed by atoms with E-state index in [1.807, 2.05) is 66.7 Å². The lowest BCUT2D eigenvalue weighted by atomic mass is 10.0. The zero-order valence-electron chi connectivity index (χ0n) is 20.9. The molecule has 0 radical (unpaired) electrons. The quantitative estimate of drug-likeness (QED) is 0.267. The molecule has 1 aliphatic heterocycles. The van der Waals surface area contributed by atoms with E-state index in [1.165, 1.54) is 4.90 Å². The van der Waals surface area contributed by atoms with Crippen molar-refractivity contribution < 1.29 is 19.4 Å². The van der Waals surface area contributed by atoms with Gasteiger partial charge in [-0.3, -0.25) is 9.78 Å². The first-order valence-electron chi connectivity index (χ1n) is 12.6. The van der Waals surface area contributed by atoms with Gasteiger partial charge in [-0.05, 0) is 41.0 Å². The lowest BCUT2D eigenvalue weighted by Crippen LogP contribution is -2.31. The van der Waals surface area contributed by atoms with Crippen LogP contribution in [0.5, 0.6) is 0 Å². The number of rotatable bonds is 9. The monoisotopic (exact) mass is 526 g/mol. The highest BCUT2D eigenvalue weighted by molar-refractivity contribution is 7.99. The van der Waals surface area contributed by atoms with Crippen molar-refractivity contribution in [2.75, 3.05) is 5.75 Å². The van der Waals surface area contributed by atoms with E-state index in [-0.39, 0.29) is 24.7 Å². The van der Waals surface area contributed by atoms with Crippen LogP contribution in [-0.4, -0.2) is 27.9 Å². The molecule has 1 saturated heterocycles. The largest absolute Gasteiger partial charge is 0.392 e. The van der Waals surface area contributed by atoms with Crippen LogP contribution in [0.15, 0.2) is 108 Å². The second-order valence-electron chi connectivity index (χ2n) is 9.14. The van der Waals surface area contributed by atoms with Gasteiger partial charge in [0, 0.05) is 41.6 Å². The van der Waals surface area contributed by atoms with Crippen molar-refractivity contribution in [1.29, 1.82) is 0 Å². The van der Waals surface area contributed by atoms with Gasteiger partial charge in [0.25, 0.3) is 5.91 Å². The summed E-state index contributed by atoms with van der Waals surface area (Å²) in [6.07, 6.45) is 3.31. The molecule has 2 heterocycles. The second kappa shape index (κ2) is 12.8. The number of aliphatic hydroxyl groups excluding tert-OH is 1. The molecule has 7 heteroatoms. The van der Waals surface area contributed by atoms with Crippen LogP contribution in [0.3, 0.4) is 0 Å². The maximum absolute atomic E-state index is 12.3. The molecule has 3 atom stereocenters. The van der Waals surface area contributed by atoms with Gasteiger partial charge in [-0.1, -0.05) is 66.7 Å². The van der Waals surface area contributed by atoms with Gasteiger partial charge in [-0.15, -0.1) is 11.8 Å². The van der Waals surface area contributed by atoms with Gasteiger partial charge < -0.3 is 19.9 Å². The predicted molar refractivity (Wildman–Crippen MR) is 147 cm³/mol. The average Bonchev–Trinajstić information content (AvgIpc) is 3.00. The van der Waals surface area contributed by atoms with Crippen molar-refractivity contribution in [1.82, 2.24) is 10.3 Å². The minimum absolute atomic E-state index is 0.0000731. The molecule has 5 rings (SSSR count). The summed E-state index contributed by atoms with van der Waals surface area (Å²) in [6.45, 7) is 0.430. The normalized spacial score (nSPS) is 19.1. The Kier molecular flexibility index (Phi) is 8.83. The van der Waals surface area contributed by atoms with Crippen LogP contribution >= 0.6 is 11.8 Å². The Balaban J connectivity index is 1.27.